The van der Waals surface area contributed by atoms with Crippen LogP contribution in [0.2, 0.25) is 10.0 Å². The van der Waals surface area contributed by atoms with Crippen molar-refractivity contribution in [1.29, 1.82) is 0 Å². The second-order valence-electron chi connectivity index (χ2n) is 4.26. The van der Waals surface area contributed by atoms with Gasteiger partial charge in [0.15, 0.2) is 5.76 Å². The normalized spacial score (nSPS) is 16.4. The molecule has 0 bridgehead atoms. The Morgan fingerprint density at radius 2 is 2.05 bits per heavy atom. The van der Waals surface area contributed by atoms with Crippen LogP contribution in [-0.2, 0) is 19.1 Å². The van der Waals surface area contributed by atoms with E-state index in [-0.39, 0.29) is 23.7 Å². The van der Waals surface area contributed by atoms with Crippen molar-refractivity contribution in [3.8, 4) is 0 Å². The molecule has 0 atom stereocenters. The van der Waals surface area contributed by atoms with Crippen LogP contribution in [0.4, 0.5) is 0 Å². The summed E-state index contributed by atoms with van der Waals surface area (Å²) in [4.78, 5) is 23.9. The molecule has 2 rings (SSSR count). The first-order valence-electron chi connectivity index (χ1n) is 6.21. The number of benzene rings is 1. The molecule has 21 heavy (non-hydrogen) atoms. The Morgan fingerprint density at radius 3 is 2.67 bits per heavy atom. The van der Waals surface area contributed by atoms with Crippen LogP contribution in [0.3, 0.4) is 0 Å². The number of carbonyl (C=O) groups is 2. The molecule has 1 aliphatic heterocycles. The van der Waals surface area contributed by atoms with E-state index >= 15 is 0 Å². The molecule has 110 valence electrons. The maximum atomic E-state index is 12.2. The van der Waals surface area contributed by atoms with Crippen molar-refractivity contribution in [2.75, 3.05) is 6.61 Å². The summed E-state index contributed by atoms with van der Waals surface area (Å²) in [7, 11) is 0. The monoisotopic (exact) mass is 326 g/mol. The van der Waals surface area contributed by atoms with Gasteiger partial charge in [0.05, 0.1) is 16.7 Å². The zero-order chi connectivity index (χ0) is 15.6. The summed E-state index contributed by atoms with van der Waals surface area (Å²) >= 11 is 11.7. The number of hydrogen-bond donors (Lipinski definition) is 0. The summed E-state index contributed by atoms with van der Waals surface area (Å²) < 4.78 is 10.2. The van der Waals surface area contributed by atoms with Crippen LogP contribution in [0.25, 0.3) is 6.08 Å². The number of esters is 1. The van der Waals surface area contributed by atoms with Gasteiger partial charge in [0, 0.05) is 0 Å². The first-order chi connectivity index (χ1) is 9.93. The highest BCUT2D eigenvalue weighted by Gasteiger charge is 2.34. The molecule has 0 fully saturated rings. The quantitative estimate of drug-likeness (QED) is 0.482. The maximum absolute atomic E-state index is 12.2. The van der Waals surface area contributed by atoms with Gasteiger partial charge in [-0.2, -0.15) is 0 Å². The summed E-state index contributed by atoms with van der Waals surface area (Å²) in [6.45, 7) is 3.40. The highest BCUT2D eigenvalue weighted by molar-refractivity contribution is 6.42. The van der Waals surface area contributed by atoms with Crippen molar-refractivity contribution >= 4 is 41.0 Å². The number of ether oxygens (including phenoxy) is 2. The van der Waals surface area contributed by atoms with Crippen LogP contribution >= 0.6 is 23.2 Å². The number of Topliss-reactive ketones (excluding diaryl/α,β-unsaturated/α-hetero) is 1. The van der Waals surface area contributed by atoms with Gasteiger partial charge < -0.3 is 9.47 Å². The molecule has 0 spiro atoms. The van der Waals surface area contributed by atoms with Crippen molar-refractivity contribution < 1.29 is 19.1 Å². The van der Waals surface area contributed by atoms with Crippen molar-refractivity contribution in [2.24, 2.45) is 0 Å². The number of halogens is 2. The molecule has 0 saturated heterocycles. The van der Waals surface area contributed by atoms with E-state index in [1.807, 2.05) is 0 Å². The van der Waals surface area contributed by atoms with Crippen LogP contribution in [0.1, 0.15) is 19.4 Å². The number of allylic oxidation sites excluding steroid dienone is 2. The maximum Gasteiger partial charge on any atom is 0.345 e. The zero-order valence-electron chi connectivity index (χ0n) is 11.4. The second kappa shape index (κ2) is 6.33. The van der Waals surface area contributed by atoms with E-state index in [2.05, 4.69) is 0 Å². The molecular weight excluding hydrogens is 315 g/mol. The Hall–Kier alpha value is -1.78. The van der Waals surface area contributed by atoms with Crippen LogP contribution < -0.4 is 0 Å². The van der Waals surface area contributed by atoms with Gasteiger partial charge in [-0.1, -0.05) is 29.3 Å². The third kappa shape index (κ3) is 3.28. The minimum atomic E-state index is -0.683. The van der Waals surface area contributed by atoms with Crippen molar-refractivity contribution in [1.82, 2.24) is 0 Å². The Bertz CT molecular complexity index is 674. The van der Waals surface area contributed by atoms with E-state index in [9.17, 15) is 9.59 Å². The number of carbonyl (C=O) groups excluding carboxylic acids is 2. The second-order valence-corrected chi connectivity index (χ2v) is 5.08. The summed E-state index contributed by atoms with van der Waals surface area (Å²) in [6, 6.07) is 4.91. The lowest BCUT2D eigenvalue weighted by molar-refractivity contribution is -0.139. The lowest BCUT2D eigenvalue weighted by Crippen LogP contribution is -2.14. The van der Waals surface area contributed by atoms with Gasteiger partial charge in [-0.15, -0.1) is 0 Å². The zero-order valence-corrected chi connectivity index (χ0v) is 12.9. The lowest BCUT2D eigenvalue weighted by Gasteiger charge is -2.01. The summed E-state index contributed by atoms with van der Waals surface area (Å²) in [5.74, 6) is -0.909. The van der Waals surface area contributed by atoms with E-state index in [0.717, 1.165) is 0 Å². The van der Waals surface area contributed by atoms with Crippen LogP contribution in [0.15, 0.2) is 35.3 Å². The molecule has 1 aliphatic rings. The van der Waals surface area contributed by atoms with E-state index in [1.165, 1.54) is 6.08 Å². The molecule has 1 heterocycles. The van der Waals surface area contributed by atoms with E-state index < -0.39 is 11.8 Å². The molecule has 6 heteroatoms. The van der Waals surface area contributed by atoms with Gasteiger partial charge in [-0.05, 0) is 37.6 Å². The molecule has 0 aromatic heterocycles. The smallest absolute Gasteiger partial charge is 0.345 e. The average Bonchev–Trinajstić information content (AvgIpc) is 2.69. The van der Waals surface area contributed by atoms with Crippen LogP contribution in [0.5, 0.6) is 0 Å². The molecule has 0 amide bonds. The molecule has 0 unspecified atom stereocenters. The Kier molecular flexibility index (Phi) is 4.70. The van der Waals surface area contributed by atoms with Gasteiger partial charge in [0.2, 0.25) is 5.78 Å². The first kappa shape index (κ1) is 15.6. The first-order valence-corrected chi connectivity index (χ1v) is 6.97. The number of hydrogen-bond acceptors (Lipinski definition) is 4. The fourth-order valence-corrected chi connectivity index (χ4v) is 2.14. The molecule has 4 nitrogen and oxygen atoms in total. The predicted octanol–water partition coefficient (Wildman–Crippen LogP) is 3.77. The topological polar surface area (TPSA) is 52.6 Å². The highest BCUT2D eigenvalue weighted by atomic mass is 35.5. The molecule has 0 saturated carbocycles. The molecule has 1 aromatic carbocycles. The summed E-state index contributed by atoms with van der Waals surface area (Å²) in [5.41, 5.74) is 0.564. The number of ketones is 1. The Labute approximate surface area is 131 Å². The lowest BCUT2D eigenvalue weighted by atomic mass is 10.1. The van der Waals surface area contributed by atoms with Gasteiger partial charge in [0.25, 0.3) is 0 Å². The van der Waals surface area contributed by atoms with Gasteiger partial charge in [-0.25, -0.2) is 4.79 Å². The van der Waals surface area contributed by atoms with Crippen molar-refractivity contribution in [3.63, 3.8) is 0 Å². The van der Waals surface area contributed by atoms with Crippen LogP contribution in [-0.4, -0.2) is 18.4 Å². The fraction of sp³-hybridized carbons (Fsp3) is 0.200. The third-order valence-corrected chi connectivity index (χ3v) is 3.53. The van der Waals surface area contributed by atoms with Crippen molar-refractivity contribution in [2.45, 2.75) is 13.8 Å². The SMILES string of the molecule is CCOC(=O)C1=C(C)O/C(=C\c2ccc(Cl)c(Cl)c2)C1=O. The molecule has 0 aliphatic carbocycles. The average molecular weight is 327 g/mol. The third-order valence-electron chi connectivity index (χ3n) is 2.79. The minimum absolute atomic E-state index is 0.0499. The summed E-state index contributed by atoms with van der Waals surface area (Å²) in [5, 5.41) is 0.783. The molecule has 0 radical (unpaired) electrons. The molecule has 1 aromatic rings. The Balaban J connectivity index is 2.28. The number of rotatable bonds is 3. The van der Waals surface area contributed by atoms with Gasteiger partial charge >= 0.3 is 5.97 Å². The predicted molar refractivity (Wildman–Crippen MR) is 79.9 cm³/mol. The largest absolute Gasteiger partial charge is 0.462 e. The summed E-state index contributed by atoms with van der Waals surface area (Å²) in [6.07, 6.45) is 1.50. The van der Waals surface area contributed by atoms with Gasteiger partial charge in [-0.3, -0.25) is 4.79 Å². The van der Waals surface area contributed by atoms with Gasteiger partial charge in [0.1, 0.15) is 11.3 Å². The van der Waals surface area contributed by atoms with Crippen molar-refractivity contribution in [3.05, 3.63) is 50.9 Å². The molecule has 0 N–H and O–H groups in total. The highest BCUT2D eigenvalue weighted by Crippen LogP contribution is 2.29. The van der Waals surface area contributed by atoms with E-state index in [4.69, 9.17) is 32.7 Å². The van der Waals surface area contributed by atoms with E-state index in [0.29, 0.717) is 15.6 Å². The van der Waals surface area contributed by atoms with Crippen LogP contribution in [0, 0.1) is 0 Å². The fourth-order valence-electron chi connectivity index (χ4n) is 1.83. The minimum Gasteiger partial charge on any atom is -0.462 e. The van der Waals surface area contributed by atoms with E-state index in [1.54, 1.807) is 32.0 Å². The standard InChI is InChI=1S/C15H12Cl2O4/c1-3-20-15(19)13-8(2)21-12(14(13)18)7-9-4-5-10(16)11(17)6-9/h4-7H,3H2,1-2H3/b12-7-. The molecular formula is C15H12Cl2O4. The Morgan fingerprint density at radius 1 is 1.33 bits per heavy atom.